The number of rotatable bonds is 6. The maximum atomic E-state index is 15.4. The van der Waals surface area contributed by atoms with Crippen LogP contribution in [0.2, 0.25) is 0 Å². The van der Waals surface area contributed by atoms with E-state index >= 15 is 4.39 Å². The van der Waals surface area contributed by atoms with E-state index in [0.29, 0.717) is 0 Å². The molecule has 0 unspecified atom stereocenters. The molecule has 3 atom stereocenters. The van der Waals surface area contributed by atoms with Crippen molar-refractivity contribution in [3.05, 3.63) is 54.5 Å². The molecule has 1 heterocycles. The van der Waals surface area contributed by atoms with Gasteiger partial charge in [-0.3, -0.25) is 0 Å². The molecule has 0 aliphatic heterocycles. The number of sulfone groups is 1. The summed E-state index contributed by atoms with van der Waals surface area (Å²) in [5.41, 5.74) is -4.23. The van der Waals surface area contributed by atoms with Crippen molar-refractivity contribution in [3.8, 4) is 0 Å². The third-order valence-electron chi connectivity index (χ3n) is 3.69. The van der Waals surface area contributed by atoms with Crippen LogP contribution in [-0.2, 0) is 26.4 Å². The standard InChI is InChI=1S/C17H22FNO4S2/c1-16(2,3)24(20)19-17(4,14-11-8-12-23-14)15(18)25(21,22)13-9-6-5-7-10-13/h5-12,15,19H,1-4H3/t15-,17+,24+/m0/s1. The van der Waals surface area contributed by atoms with E-state index in [9.17, 15) is 12.6 Å². The molecular weight excluding hydrogens is 365 g/mol. The number of halogens is 1. The Morgan fingerprint density at radius 3 is 2.16 bits per heavy atom. The second-order valence-electron chi connectivity index (χ2n) is 6.84. The summed E-state index contributed by atoms with van der Waals surface area (Å²) in [6.07, 6.45) is 1.32. The van der Waals surface area contributed by atoms with E-state index in [1.54, 1.807) is 26.8 Å². The van der Waals surface area contributed by atoms with Gasteiger partial charge in [-0.2, -0.15) is 0 Å². The monoisotopic (exact) mass is 387 g/mol. The smallest absolute Gasteiger partial charge is 0.231 e. The Balaban J connectivity index is 2.51. The van der Waals surface area contributed by atoms with Crippen LogP contribution in [0.3, 0.4) is 0 Å². The molecular formula is C17H22FNO4S2. The van der Waals surface area contributed by atoms with E-state index in [1.165, 1.54) is 49.6 Å². The topological polar surface area (TPSA) is 76.4 Å². The zero-order valence-corrected chi connectivity index (χ0v) is 16.2. The maximum Gasteiger partial charge on any atom is 0.231 e. The SMILES string of the molecule is CC(C)(C)[S@@](=O)N[C@](C)(c1ccco1)[C@@H](F)S(=O)(=O)c1ccccc1. The van der Waals surface area contributed by atoms with Crippen LogP contribution in [0, 0.1) is 0 Å². The first kappa shape index (κ1) is 19.8. The molecule has 0 saturated heterocycles. The van der Waals surface area contributed by atoms with Crippen molar-refractivity contribution in [2.45, 2.75) is 48.4 Å². The Kier molecular flexibility index (Phi) is 5.56. The van der Waals surface area contributed by atoms with Crippen molar-refractivity contribution in [1.82, 2.24) is 4.72 Å². The molecule has 0 spiro atoms. The second kappa shape index (κ2) is 7.01. The zero-order chi connectivity index (χ0) is 18.9. The van der Waals surface area contributed by atoms with E-state index in [2.05, 4.69) is 4.72 Å². The van der Waals surface area contributed by atoms with Gasteiger partial charge in [0.2, 0.25) is 15.3 Å². The highest BCUT2D eigenvalue weighted by Crippen LogP contribution is 2.35. The third kappa shape index (κ3) is 4.02. The van der Waals surface area contributed by atoms with Gasteiger partial charge in [-0.1, -0.05) is 18.2 Å². The highest BCUT2D eigenvalue weighted by molar-refractivity contribution is 7.92. The number of hydrogen-bond donors (Lipinski definition) is 1. The molecule has 1 N–H and O–H groups in total. The summed E-state index contributed by atoms with van der Waals surface area (Å²) in [7, 11) is -6.06. The number of nitrogens with one attached hydrogen (secondary N) is 1. The van der Waals surface area contributed by atoms with E-state index in [-0.39, 0.29) is 10.7 Å². The Morgan fingerprint density at radius 2 is 1.68 bits per heavy atom. The average molecular weight is 387 g/mol. The number of benzene rings is 1. The first-order valence-electron chi connectivity index (χ1n) is 7.66. The Hall–Kier alpha value is -1.51. The Morgan fingerprint density at radius 1 is 1.08 bits per heavy atom. The van der Waals surface area contributed by atoms with Crippen molar-refractivity contribution in [3.63, 3.8) is 0 Å². The molecule has 0 radical (unpaired) electrons. The van der Waals surface area contributed by atoms with Gasteiger partial charge in [0.05, 0.1) is 26.9 Å². The van der Waals surface area contributed by atoms with Crippen LogP contribution < -0.4 is 4.72 Å². The minimum absolute atomic E-state index is 0.0529. The fourth-order valence-electron chi connectivity index (χ4n) is 2.17. The molecule has 1 aromatic carbocycles. The van der Waals surface area contributed by atoms with Crippen molar-refractivity contribution >= 4 is 20.8 Å². The summed E-state index contributed by atoms with van der Waals surface area (Å²) in [5.74, 6) is 0.0529. The quantitative estimate of drug-likeness (QED) is 0.825. The van der Waals surface area contributed by atoms with Crippen LogP contribution in [0.4, 0.5) is 4.39 Å². The predicted molar refractivity (Wildman–Crippen MR) is 95.6 cm³/mol. The fourth-order valence-corrected chi connectivity index (χ4v) is 4.71. The molecule has 2 aromatic rings. The summed E-state index contributed by atoms with van der Waals surface area (Å²) in [6.45, 7) is 6.45. The van der Waals surface area contributed by atoms with Crippen molar-refractivity contribution in [2.75, 3.05) is 0 Å². The van der Waals surface area contributed by atoms with Crippen molar-refractivity contribution in [1.29, 1.82) is 0 Å². The predicted octanol–water partition coefficient (Wildman–Crippen LogP) is 3.32. The molecule has 1 aromatic heterocycles. The molecule has 5 nitrogen and oxygen atoms in total. The molecule has 8 heteroatoms. The summed E-state index contributed by atoms with van der Waals surface area (Å²) in [6, 6.07) is 10.3. The zero-order valence-electron chi connectivity index (χ0n) is 14.5. The normalized spacial score (nSPS) is 17.6. The molecule has 0 aliphatic carbocycles. The van der Waals surface area contributed by atoms with E-state index < -0.39 is 36.6 Å². The van der Waals surface area contributed by atoms with E-state index in [4.69, 9.17) is 4.42 Å². The minimum Gasteiger partial charge on any atom is -0.467 e. The van der Waals surface area contributed by atoms with Gasteiger partial charge in [0.25, 0.3) is 0 Å². The number of furan rings is 1. The van der Waals surface area contributed by atoms with Gasteiger partial charge < -0.3 is 4.42 Å². The van der Waals surface area contributed by atoms with Crippen LogP contribution in [0.5, 0.6) is 0 Å². The van der Waals surface area contributed by atoms with Crippen LogP contribution >= 0.6 is 0 Å². The minimum atomic E-state index is -4.34. The number of alkyl halides is 1. The van der Waals surface area contributed by atoms with Crippen LogP contribution in [0.25, 0.3) is 0 Å². The molecule has 0 bridgehead atoms. The van der Waals surface area contributed by atoms with Gasteiger partial charge >= 0.3 is 0 Å². The van der Waals surface area contributed by atoms with Gasteiger partial charge in [-0.25, -0.2) is 21.7 Å². The van der Waals surface area contributed by atoms with Crippen molar-refractivity contribution < 1.29 is 21.4 Å². The highest BCUT2D eigenvalue weighted by Gasteiger charge is 2.49. The highest BCUT2D eigenvalue weighted by atomic mass is 32.2. The fraction of sp³-hybridized carbons (Fsp3) is 0.412. The Bertz CT molecular complexity index is 829. The number of hydrogen-bond acceptors (Lipinski definition) is 4. The molecule has 25 heavy (non-hydrogen) atoms. The lowest BCUT2D eigenvalue weighted by molar-refractivity contribution is 0.225. The van der Waals surface area contributed by atoms with E-state index in [0.717, 1.165) is 0 Å². The molecule has 0 aliphatic rings. The molecule has 0 amide bonds. The van der Waals surface area contributed by atoms with Crippen LogP contribution in [-0.4, -0.2) is 22.9 Å². The average Bonchev–Trinajstić information content (AvgIpc) is 3.09. The van der Waals surface area contributed by atoms with Crippen LogP contribution in [0.1, 0.15) is 33.5 Å². The summed E-state index contributed by atoms with van der Waals surface area (Å²) < 4.78 is 60.6. The lowest BCUT2D eigenvalue weighted by Gasteiger charge is -2.33. The van der Waals surface area contributed by atoms with E-state index in [1.807, 2.05) is 0 Å². The van der Waals surface area contributed by atoms with Gasteiger partial charge in [-0.15, -0.1) is 0 Å². The lowest BCUT2D eigenvalue weighted by Crippen LogP contribution is -2.53. The van der Waals surface area contributed by atoms with Gasteiger partial charge in [0, 0.05) is 0 Å². The maximum absolute atomic E-state index is 15.4. The third-order valence-corrected chi connectivity index (χ3v) is 7.36. The summed E-state index contributed by atoms with van der Waals surface area (Å²) in [5, 5.41) is 0. The van der Waals surface area contributed by atoms with Crippen molar-refractivity contribution in [2.24, 2.45) is 0 Å². The van der Waals surface area contributed by atoms with Gasteiger partial charge in [0.1, 0.15) is 11.3 Å². The van der Waals surface area contributed by atoms with Crippen LogP contribution in [0.15, 0.2) is 58.0 Å². The largest absolute Gasteiger partial charge is 0.467 e. The first-order chi connectivity index (χ1) is 11.5. The Labute approximate surface area is 150 Å². The molecule has 138 valence electrons. The molecule has 0 fully saturated rings. The second-order valence-corrected chi connectivity index (χ2v) is 10.8. The molecule has 0 saturated carbocycles. The van der Waals surface area contributed by atoms with Gasteiger partial charge in [0.15, 0.2) is 0 Å². The summed E-state index contributed by atoms with van der Waals surface area (Å²) >= 11 is 0. The van der Waals surface area contributed by atoms with Gasteiger partial charge in [-0.05, 0) is 52.0 Å². The molecule has 2 rings (SSSR count). The summed E-state index contributed by atoms with van der Waals surface area (Å²) in [4.78, 5) is -0.149. The lowest BCUT2D eigenvalue weighted by atomic mass is 10.0. The first-order valence-corrected chi connectivity index (χ1v) is 10.4.